The second kappa shape index (κ2) is 8.88. The van der Waals surface area contributed by atoms with Gasteiger partial charge in [-0.2, -0.15) is 0 Å². The van der Waals surface area contributed by atoms with Gasteiger partial charge in [0.25, 0.3) is 0 Å². The summed E-state index contributed by atoms with van der Waals surface area (Å²) in [5, 5.41) is 4.14. The first-order chi connectivity index (χ1) is 9.60. The zero-order chi connectivity index (χ0) is 14.5. The highest BCUT2D eigenvalue weighted by Crippen LogP contribution is 2.32. The first-order valence-electron chi connectivity index (χ1n) is 7.40. The van der Waals surface area contributed by atoms with Crippen molar-refractivity contribution < 1.29 is 0 Å². The van der Waals surface area contributed by atoms with Crippen molar-refractivity contribution in [3.8, 4) is 0 Å². The van der Waals surface area contributed by atoms with Crippen molar-refractivity contribution in [2.75, 3.05) is 20.1 Å². The minimum absolute atomic E-state index is 0. The molecule has 0 amide bonds. The number of halogens is 2. The van der Waals surface area contributed by atoms with E-state index in [0.717, 1.165) is 36.5 Å². The van der Waals surface area contributed by atoms with Crippen molar-refractivity contribution in [3.05, 3.63) is 23.0 Å². The first-order valence-corrected chi connectivity index (χ1v) is 7.78. The van der Waals surface area contributed by atoms with Gasteiger partial charge in [-0.05, 0) is 25.3 Å². The molecule has 2 rings (SSSR count). The van der Waals surface area contributed by atoms with E-state index >= 15 is 0 Å². The largest absolute Gasteiger partial charge is 0.357 e. The number of rotatable bonds is 6. The van der Waals surface area contributed by atoms with Gasteiger partial charge in [-0.25, -0.2) is 0 Å². The second-order valence-corrected chi connectivity index (χ2v) is 6.02. The van der Waals surface area contributed by atoms with E-state index in [-0.39, 0.29) is 24.0 Å². The third-order valence-electron chi connectivity index (χ3n) is 3.67. The minimum Gasteiger partial charge on any atom is -0.357 e. The van der Waals surface area contributed by atoms with Crippen LogP contribution < -0.4 is 5.32 Å². The number of guanidine groups is 1. The van der Waals surface area contributed by atoms with Gasteiger partial charge in [0, 0.05) is 39.1 Å². The summed E-state index contributed by atoms with van der Waals surface area (Å²) in [4.78, 5) is 6.87. The SMILES string of the molecule is CCNC(=NCCC1CC1)N(C)Cc1cc(Cl)cn1C.I. The van der Waals surface area contributed by atoms with Crippen LogP contribution in [0.1, 0.15) is 31.9 Å². The van der Waals surface area contributed by atoms with E-state index in [1.165, 1.54) is 25.0 Å². The molecule has 1 aliphatic carbocycles. The molecule has 1 N–H and O–H groups in total. The van der Waals surface area contributed by atoms with Crippen LogP contribution in [0.4, 0.5) is 0 Å². The zero-order valence-corrected chi connectivity index (χ0v) is 16.2. The van der Waals surface area contributed by atoms with Crippen LogP contribution in [0.5, 0.6) is 0 Å². The topological polar surface area (TPSA) is 32.6 Å². The first kappa shape index (κ1) is 18.6. The summed E-state index contributed by atoms with van der Waals surface area (Å²) in [5.41, 5.74) is 1.19. The minimum atomic E-state index is 0. The Morgan fingerprint density at radius 2 is 2.24 bits per heavy atom. The molecular weight excluding hydrogens is 399 g/mol. The van der Waals surface area contributed by atoms with E-state index in [1.807, 2.05) is 19.3 Å². The summed E-state index contributed by atoms with van der Waals surface area (Å²) in [5.74, 6) is 1.91. The predicted molar refractivity (Wildman–Crippen MR) is 101 cm³/mol. The van der Waals surface area contributed by atoms with Gasteiger partial charge >= 0.3 is 0 Å². The predicted octanol–water partition coefficient (Wildman–Crippen LogP) is 3.49. The Morgan fingerprint density at radius 3 is 2.76 bits per heavy atom. The van der Waals surface area contributed by atoms with Gasteiger partial charge in [0.15, 0.2) is 5.96 Å². The van der Waals surface area contributed by atoms with Crippen LogP contribution in [0.25, 0.3) is 0 Å². The summed E-state index contributed by atoms with van der Waals surface area (Å²) in [6.07, 6.45) is 5.94. The Balaban J connectivity index is 0.00000220. The molecule has 1 heterocycles. The van der Waals surface area contributed by atoms with Crippen molar-refractivity contribution in [2.24, 2.45) is 18.0 Å². The van der Waals surface area contributed by atoms with E-state index in [1.54, 1.807) is 0 Å². The maximum atomic E-state index is 6.03. The fourth-order valence-corrected chi connectivity index (χ4v) is 2.54. The molecule has 0 spiro atoms. The highest BCUT2D eigenvalue weighted by Gasteiger charge is 2.20. The van der Waals surface area contributed by atoms with Gasteiger partial charge in [-0.1, -0.05) is 24.4 Å². The quantitative estimate of drug-likeness (QED) is 0.431. The van der Waals surface area contributed by atoms with Crippen LogP contribution in [0, 0.1) is 5.92 Å². The van der Waals surface area contributed by atoms with E-state index in [2.05, 4.69) is 28.8 Å². The Morgan fingerprint density at radius 1 is 1.52 bits per heavy atom. The molecule has 1 aromatic rings. The van der Waals surface area contributed by atoms with Gasteiger partial charge in [-0.3, -0.25) is 4.99 Å². The Kier molecular flexibility index (Phi) is 7.87. The summed E-state index contributed by atoms with van der Waals surface area (Å²) >= 11 is 6.03. The average Bonchev–Trinajstić information content (AvgIpc) is 3.15. The van der Waals surface area contributed by atoms with Crippen LogP contribution in [0.2, 0.25) is 5.02 Å². The van der Waals surface area contributed by atoms with E-state index < -0.39 is 0 Å². The highest BCUT2D eigenvalue weighted by atomic mass is 127. The van der Waals surface area contributed by atoms with E-state index in [4.69, 9.17) is 16.6 Å². The lowest BCUT2D eigenvalue weighted by Crippen LogP contribution is -2.38. The maximum absolute atomic E-state index is 6.03. The van der Waals surface area contributed by atoms with Gasteiger partial charge in [0.1, 0.15) is 0 Å². The third-order valence-corrected chi connectivity index (χ3v) is 3.87. The van der Waals surface area contributed by atoms with Gasteiger partial charge in [0.2, 0.25) is 0 Å². The van der Waals surface area contributed by atoms with Crippen molar-refractivity contribution >= 4 is 41.5 Å². The van der Waals surface area contributed by atoms with Gasteiger partial charge in [-0.15, -0.1) is 24.0 Å². The van der Waals surface area contributed by atoms with Crippen LogP contribution >= 0.6 is 35.6 Å². The van der Waals surface area contributed by atoms with Gasteiger partial charge in [0.05, 0.1) is 11.6 Å². The van der Waals surface area contributed by atoms with Crippen molar-refractivity contribution in [2.45, 2.75) is 32.7 Å². The smallest absolute Gasteiger partial charge is 0.194 e. The molecule has 1 aromatic heterocycles. The van der Waals surface area contributed by atoms with Crippen LogP contribution in [0.3, 0.4) is 0 Å². The summed E-state index contributed by atoms with van der Waals surface area (Å²) in [6.45, 7) is 4.72. The Bertz CT molecular complexity index is 468. The number of nitrogens with zero attached hydrogens (tertiary/aromatic N) is 3. The Labute approximate surface area is 150 Å². The number of aromatic nitrogens is 1. The molecule has 0 unspecified atom stereocenters. The molecule has 1 saturated carbocycles. The number of aryl methyl sites for hydroxylation is 1. The average molecular weight is 425 g/mol. The monoisotopic (exact) mass is 424 g/mol. The molecule has 4 nitrogen and oxygen atoms in total. The second-order valence-electron chi connectivity index (χ2n) is 5.58. The van der Waals surface area contributed by atoms with Crippen molar-refractivity contribution in [1.82, 2.24) is 14.8 Å². The zero-order valence-electron chi connectivity index (χ0n) is 13.1. The molecule has 1 aliphatic rings. The standard InChI is InChI=1S/C15H25ClN4.HI/c1-4-17-15(18-8-7-12-5-6-12)20(3)11-14-9-13(16)10-19(14)2;/h9-10,12H,4-8,11H2,1-3H3,(H,17,18);1H. The third kappa shape index (κ3) is 6.06. The normalized spacial score (nSPS) is 14.8. The molecular formula is C15H26ClIN4. The van der Waals surface area contributed by atoms with Crippen molar-refractivity contribution in [3.63, 3.8) is 0 Å². The molecule has 6 heteroatoms. The number of hydrogen-bond donors (Lipinski definition) is 1. The molecule has 21 heavy (non-hydrogen) atoms. The molecule has 1 fully saturated rings. The fraction of sp³-hybridized carbons (Fsp3) is 0.667. The maximum Gasteiger partial charge on any atom is 0.194 e. The fourth-order valence-electron chi connectivity index (χ4n) is 2.27. The van der Waals surface area contributed by atoms with Crippen molar-refractivity contribution in [1.29, 1.82) is 0 Å². The number of hydrogen-bond acceptors (Lipinski definition) is 1. The highest BCUT2D eigenvalue weighted by molar-refractivity contribution is 14.0. The Hall–Kier alpha value is -0.430. The van der Waals surface area contributed by atoms with E-state index in [0.29, 0.717) is 0 Å². The molecule has 0 radical (unpaired) electrons. The summed E-state index contributed by atoms with van der Waals surface area (Å²) < 4.78 is 2.06. The molecule has 0 aromatic carbocycles. The molecule has 0 aliphatic heterocycles. The number of nitrogens with one attached hydrogen (secondary N) is 1. The summed E-state index contributed by atoms with van der Waals surface area (Å²) in [6, 6.07) is 2.01. The van der Waals surface area contributed by atoms with Crippen LogP contribution in [-0.2, 0) is 13.6 Å². The lowest BCUT2D eigenvalue weighted by atomic mass is 10.3. The molecule has 0 bridgehead atoms. The van der Waals surface area contributed by atoms with E-state index in [9.17, 15) is 0 Å². The molecule has 120 valence electrons. The molecule has 0 saturated heterocycles. The summed E-state index contributed by atoms with van der Waals surface area (Å²) in [7, 11) is 4.09. The lowest BCUT2D eigenvalue weighted by molar-refractivity contribution is 0.461. The lowest BCUT2D eigenvalue weighted by Gasteiger charge is -2.22. The van der Waals surface area contributed by atoms with Gasteiger partial charge < -0.3 is 14.8 Å². The van der Waals surface area contributed by atoms with Crippen LogP contribution in [0.15, 0.2) is 17.3 Å². The number of aliphatic imine (C=N–C) groups is 1. The van der Waals surface area contributed by atoms with Crippen LogP contribution in [-0.4, -0.2) is 35.6 Å². The molecule has 0 atom stereocenters.